The van der Waals surface area contributed by atoms with Gasteiger partial charge >= 0.3 is 0 Å². The Balaban J connectivity index is 1.56. The molecule has 1 aromatic carbocycles. The van der Waals surface area contributed by atoms with Gasteiger partial charge < -0.3 is 5.32 Å². The number of amides is 1. The monoisotopic (exact) mass is 314 g/mol. The Morgan fingerprint density at radius 2 is 1.95 bits per heavy atom. The number of thiophene rings is 1. The summed E-state index contributed by atoms with van der Waals surface area (Å²) in [4.78, 5) is 17.4. The number of hydrogen-bond acceptors (Lipinski definition) is 4. The molecule has 1 N–H and O–H groups in total. The third-order valence-corrected chi connectivity index (χ3v) is 4.78. The average Bonchev–Trinajstić information content (AvgIpc) is 3.19. The molecule has 0 spiro atoms. The highest BCUT2D eigenvalue weighted by molar-refractivity contribution is 7.13. The van der Waals surface area contributed by atoms with E-state index in [0.29, 0.717) is 6.42 Å². The van der Waals surface area contributed by atoms with Crippen molar-refractivity contribution in [3.63, 3.8) is 0 Å². The zero-order chi connectivity index (χ0) is 14.5. The molecular formula is C16H14N2OS2. The Labute approximate surface area is 131 Å². The standard InChI is InChI=1S/C16H14N2OS2/c19-15(8-7-14-2-1-10-20-14)18-13-5-3-12(4-6-13)16-17-9-11-21-16/h1-6,9-11H,7-8H2,(H,18,19). The van der Waals surface area contributed by atoms with Crippen molar-refractivity contribution < 1.29 is 4.79 Å². The minimum absolute atomic E-state index is 0.0467. The number of aryl methyl sites for hydroxylation is 1. The lowest BCUT2D eigenvalue weighted by molar-refractivity contribution is -0.116. The summed E-state index contributed by atoms with van der Waals surface area (Å²) in [6, 6.07) is 11.9. The van der Waals surface area contributed by atoms with Gasteiger partial charge in [-0.2, -0.15) is 0 Å². The van der Waals surface area contributed by atoms with E-state index in [9.17, 15) is 4.79 Å². The minimum atomic E-state index is 0.0467. The van der Waals surface area contributed by atoms with Gasteiger partial charge in [-0.1, -0.05) is 6.07 Å². The molecule has 0 atom stereocenters. The molecule has 21 heavy (non-hydrogen) atoms. The molecular weight excluding hydrogens is 300 g/mol. The summed E-state index contributed by atoms with van der Waals surface area (Å²) in [6.07, 6.45) is 3.09. The molecule has 0 unspecified atom stereocenters. The Morgan fingerprint density at radius 1 is 1.10 bits per heavy atom. The highest BCUT2D eigenvalue weighted by atomic mass is 32.1. The fourth-order valence-corrected chi connectivity index (χ4v) is 3.33. The summed E-state index contributed by atoms with van der Waals surface area (Å²) in [6.45, 7) is 0. The molecule has 106 valence electrons. The third kappa shape index (κ3) is 3.77. The smallest absolute Gasteiger partial charge is 0.224 e. The number of hydrogen-bond donors (Lipinski definition) is 1. The van der Waals surface area contributed by atoms with Crippen molar-refractivity contribution in [2.75, 3.05) is 5.32 Å². The van der Waals surface area contributed by atoms with Crippen LogP contribution in [-0.4, -0.2) is 10.9 Å². The van der Waals surface area contributed by atoms with Crippen LogP contribution in [0.2, 0.25) is 0 Å². The lowest BCUT2D eigenvalue weighted by atomic mass is 10.2. The maximum absolute atomic E-state index is 11.9. The summed E-state index contributed by atoms with van der Waals surface area (Å²) in [5.74, 6) is 0.0467. The molecule has 2 heterocycles. The van der Waals surface area contributed by atoms with E-state index in [-0.39, 0.29) is 5.91 Å². The van der Waals surface area contributed by atoms with Gasteiger partial charge in [0.2, 0.25) is 5.91 Å². The second-order valence-electron chi connectivity index (χ2n) is 4.54. The molecule has 3 aromatic rings. The predicted octanol–water partition coefficient (Wildman–Crippen LogP) is 4.44. The zero-order valence-electron chi connectivity index (χ0n) is 11.3. The molecule has 1 amide bonds. The molecule has 0 saturated carbocycles. The Bertz CT molecular complexity index is 688. The maximum atomic E-state index is 11.9. The topological polar surface area (TPSA) is 42.0 Å². The average molecular weight is 314 g/mol. The van der Waals surface area contributed by atoms with E-state index in [4.69, 9.17) is 0 Å². The van der Waals surface area contributed by atoms with Gasteiger partial charge in [0.05, 0.1) is 0 Å². The van der Waals surface area contributed by atoms with Crippen molar-refractivity contribution in [1.82, 2.24) is 4.98 Å². The molecule has 0 bridgehead atoms. The van der Waals surface area contributed by atoms with E-state index in [1.165, 1.54) is 4.88 Å². The number of carbonyl (C=O) groups is 1. The largest absolute Gasteiger partial charge is 0.326 e. The van der Waals surface area contributed by atoms with Gasteiger partial charge in [-0.15, -0.1) is 22.7 Å². The maximum Gasteiger partial charge on any atom is 0.224 e. The van der Waals surface area contributed by atoms with Gasteiger partial charge in [-0.3, -0.25) is 4.79 Å². The summed E-state index contributed by atoms with van der Waals surface area (Å²) in [5.41, 5.74) is 1.90. The molecule has 0 aliphatic heterocycles. The van der Waals surface area contributed by atoms with Crippen molar-refractivity contribution in [2.45, 2.75) is 12.8 Å². The first-order valence-corrected chi connectivity index (χ1v) is 8.39. The van der Waals surface area contributed by atoms with Crippen molar-refractivity contribution in [2.24, 2.45) is 0 Å². The van der Waals surface area contributed by atoms with E-state index in [1.807, 2.05) is 41.1 Å². The Hall–Kier alpha value is -1.98. The van der Waals surface area contributed by atoms with Gasteiger partial charge in [0.25, 0.3) is 0 Å². The molecule has 2 aromatic heterocycles. The van der Waals surface area contributed by atoms with Gasteiger partial charge in [-0.05, 0) is 42.1 Å². The number of rotatable bonds is 5. The summed E-state index contributed by atoms with van der Waals surface area (Å²) in [7, 11) is 0. The quantitative estimate of drug-likeness (QED) is 0.756. The van der Waals surface area contributed by atoms with Gasteiger partial charge in [0.15, 0.2) is 0 Å². The molecule has 0 radical (unpaired) electrons. The number of carbonyl (C=O) groups excluding carboxylic acids is 1. The third-order valence-electron chi connectivity index (χ3n) is 3.03. The minimum Gasteiger partial charge on any atom is -0.326 e. The van der Waals surface area contributed by atoms with Crippen LogP contribution in [0.4, 0.5) is 5.69 Å². The summed E-state index contributed by atoms with van der Waals surface area (Å²) < 4.78 is 0. The fourth-order valence-electron chi connectivity index (χ4n) is 1.98. The lowest BCUT2D eigenvalue weighted by Crippen LogP contribution is -2.11. The van der Waals surface area contributed by atoms with Crippen molar-refractivity contribution >= 4 is 34.3 Å². The normalized spacial score (nSPS) is 10.5. The second kappa shape index (κ2) is 6.65. The Morgan fingerprint density at radius 3 is 2.62 bits per heavy atom. The van der Waals surface area contributed by atoms with E-state index in [0.717, 1.165) is 22.7 Å². The number of anilines is 1. The van der Waals surface area contributed by atoms with E-state index in [1.54, 1.807) is 28.9 Å². The Kier molecular flexibility index (Phi) is 4.43. The summed E-state index contributed by atoms with van der Waals surface area (Å²) in [5, 5.41) is 7.90. The van der Waals surface area contributed by atoms with Crippen LogP contribution in [0.1, 0.15) is 11.3 Å². The first-order chi connectivity index (χ1) is 10.3. The van der Waals surface area contributed by atoms with Crippen molar-refractivity contribution in [3.8, 4) is 10.6 Å². The second-order valence-corrected chi connectivity index (χ2v) is 6.47. The number of nitrogens with one attached hydrogen (secondary N) is 1. The number of benzene rings is 1. The van der Waals surface area contributed by atoms with Gasteiger partial charge in [0.1, 0.15) is 5.01 Å². The fraction of sp³-hybridized carbons (Fsp3) is 0.125. The van der Waals surface area contributed by atoms with Crippen LogP contribution in [0.25, 0.3) is 10.6 Å². The first-order valence-electron chi connectivity index (χ1n) is 6.63. The number of nitrogens with zero attached hydrogens (tertiary/aromatic N) is 1. The number of thiazole rings is 1. The van der Waals surface area contributed by atoms with E-state index in [2.05, 4.69) is 16.4 Å². The van der Waals surface area contributed by atoms with Crippen LogP contribution in [0.5, 0.6) is 0 Å². The molecule has 0 fully saturated rings. The molecule has 0 aliphatic carbocycles. The van der Waals surface area contributed by atoms with Crippen LogP contribution in [-0.2, 0) is 11.2 Å². The van der Waals surface area contributed by atoms with Crippen LogP contribution in [0, 0.1) is 0 Å². The van der Waals surface area contributed by atoms with Crippen LogP contribution >= 0.6 is 22.7 Å². The van der Waals surface area contributed by atoms with E-state index >= 15 is 0 Å². The highest BCUT2D eigenvalue weighted by Crippen LogP contribution is 2.23. The van der Waals surface area contributed by atoms with E-state index < -0.39 is 0 Å². The van der Waals surface area contributed by atoms with Crippen LogP contribution < -0.4 is 5.32 Å². The lowest BCUT2D eigenvalue weighted by Gasteiger charge is -2.05. The van der Waals surface area contributed by atoms with Crippen molar-refractivity contribution in [1.29, 1.82) is 0 Å². The zero-order valence-corrected chi connectivity index (χ0v) is 12.9. The first kappa shape index (κ1) is 14.0. The molecule has 0 aliphatic rings. The van der Waals surface area contributed by atoms with Gasteiger partial charge in [-0.25, -0.2) is 4.98 Å². The molecule has 5 heteroatoms. The summed E-state index contributed by atoms with van der Waals surface area (Å²) >= 11 is 3.29. The van der Waals surface area contributed by atoms with Gasteiger partial charge in [0, 0.05) is 34.1 Å². The predicted molar refractivity (Wildman–Crippen MR) is 88.8 cm³/mol. The van der Waals surface area contributed by atoms with Crippen LogP contribution in [0.15, 0.2) is 53.4 Å². The highest BCUT2D eigenvalue weighted by Gasteiger charge is 2.05. The molecule has 3 rings (SSSR count). The van der Waals surface area contributed by atoms with Crippen LogP contribution in [0.3, 0.4) is 0 Å². The number of aromatic nitrogens is 1. The van der Waals surface area contributed by atoms with Crippen molar-refractivity contribution in [3.05, 3.63) is 58.2 Å². The molecule has 0 saturated heterocycles. The molecule has 3 nitrogen and oxygen atoms in total. The SMILES string of the molecule is O=C(CCc1cccs1)Nc1ccc(-c2nccs2)cc1.